The fourth-order valence-electron chi connectivity index (χ4n) is 2.95. The molecule has 22 heavy (non-hydrogen) atoms. The summed E-state index contributed by atoms with van der Waals surface area (Å²) in [5.41, 5.74) is 1.83. The van der Waals surface area contributed by atoms with Gasteiger partial charge in [0.2, 0.25) is 15.9 Å². The normalized spacial score (nSPS) is 19.0. The number of carbonyl (C=O) groups is 1. The van der Waals surface area contributed by atoms with Crippen LogP contribution in [0, 0.1) is 5.92 Å². The van der Waals surface area contributed by atoms with Gasteiger partial charge in [-0.3, -0.25) is 9.78 Å². The number of hydrogen-bond donors (Lipinski definition) is 1. The predicted octanol–water partition coefficient (Wildman–Crippen LogP) is 0.872. The van der Waals surface area contributed by atoms with Gasteiger partial charge in [0.25, 0.3) is 0 Å². The summed E-state index contributed by atoms with van der Waals surface area (Å²) in [6.45, 7) is 0.854. The van der Waals surface area contributed by atoms with Gasteiger partial charge in [-0.2, -0.15) is 0 Å². The van der Waals surface area contributed by atoms with Gasteiger partial charge in [-0.15, -0.1) is 0 Å². The fourth-order valence-corrected chi connectivity index (χ4v) is 3.83. The van der Waals surface area contributed by atoms with Crippen LogP contribution in [0.25, 0.3) is 10.9 Å². The lowest BCUT2D eigenvalue weighted by atomic mass is 10.1. The van der Waals surface area contributed by atoms with E-state index in [1.165, 1.54) is 0 Å². The summed E-state index contributed by atoms with van der Waals surface area (Å²) in [4.78, 5) is 18.1. The molecule has 1 fully saturated rings. The van der Waals surface area contributed by atoms with Crippen molar-refractivity contribution in [2.75, 3.05) is 12.3 Å². The summed E-state index contributed by atoms with van der Waals surface area (Å²) in [5, 5.41) is 6.09. The van der Waals surface area contributed by atoms with Crippen LogP contribution in [0.5, 0.6) is 0 Å². The Labute approximate surface area is 129 Å². The molecule has 2 aromatic rings. The van der Waals surface area contributed by atoms with Crippen LogP contribution in [0.2, 0.25) is 0 Å². The van der Waals surface area contributed by atoms with Crippen LogP contribution in [-0.4, -0.2) is 36.5 Å². The Balaban J connectivity index is 1.79. The van der Waals surface area contributed by atoms with Crippen LogP contribution in [0.3, 0.4) is 0 Å². The first-order chi connectivity index (χ1) is 10.4. The first-order valence-electron chi connectivity index (χ1n) is 7.03. The van der Waals surface area contributed by atoms with Crippen molar-refractivity contribution in [1.82, 2.24) is 9.88 Å². The summed E-state index contributed by atoms with van der Waals surface area (Å²) in [6, 6.07) is 9.69. The van der Waals surface area contributed by atoms with Gasteiger partial charge >= 0.3 is 0 Å². The third-order valence-corrected chi connectivity index (χ3v) is 4.78. The smallest absolute Gasteiger partial charge is 0.223 e. The molecular weight excluding hydrogens is 302 g/mol. The average Bonchev–Trinajstić information content (AvgIpc) is 2.77. The zero-order valence-corrected chi connectivity index (χ0v) is 12.8. The number of carbonyl (C=O) groups excluding carboxylic acids is 1. The molecule has 1 aromatic heterocycles. The largest absolute Gasteiger partial charge is 0.338 e. The highest BCUT2D eigenvalue weighted by Gasteiger charge is 2.32. The maximum atomic E-state index is 12.1. The minimum Gasteiger partial charge on any atom is -0.338 e. The van der Waals surface area contributed by atoms with Gasteiger partial charge in [0.15, 0.2) is 0 Å². The Kier molecular flexibility index (Phi) is 3.84. The highest BCUT2D eigenvalue weighted by atomic mass is 32.2. The Bertz CT molecular complexity index is 814. The summed E-state index contributed by atoms with van der Waals surface area (Å²) < 4.78 is 22.3. The highest BCUT2D eigenvalue weighted by Crippen LogP contribution is 2.23. The molecule has 2 heterocycles. The molecule has 1 unspecified atom stereocenters. The molecule has 0 saturated carbocycles. The number of rotatable bonds is 4. The Morgan fingerprint density at radius 3 is 2.82 bits per heavy atom. The van der Waals surface area contributed by atoms with Gasteiger partial charge in [-0.1, -0.05) is 24.3 Å². The molecule has 7 heteroatoms. The van der Waals surface area contributed by atoms with Crippen LogP contribution in [0.4, 0.5) is 0 Å². The number of primary sulfonamides is 1. The fraction of sp³-hybridized carbons (Fsp3) is 0.333. The number of nitrogens with zero attached hydrogens (tertiary/aromatic N) is 2. The Morgan fingerprint density at radius 2 is 2.05 bits per heavy atom. The van der Waals surface area contributed by atoms with Gasteiger partial charge in [0.1, 0.15) is 0 Å². The number of nitrogens with two attached hydrogens (primary N) is 1. The molecule has 3 rings (SSSR count). The van der Waals surface area contributed by atoms with Crippen LogP contribution in [-0.2, 0) is 21.4 Å². The van der Waals surface area contributed by atoms with E-state index in [0.717, 1.165) is 16.5 Å². The van der Waals surface area contributed by atoms with Crippen molar-refractivity contribution in [2.45, 2.75) is 13.0 Å². The van der Waals surface area contributed by atoms with E-state index >= 15 is 0 Å². The summed E-state index contributed by atoms with van der Waals surface area (Å²) in [6.07, 6.45) is 1.95. The first-order valence-corrected chi connectivity index (χ1v) is 8.75. The molecule has 0 spiro atoms. The van der Waals surface area contributed by atoms with Crippen LogP contribution in [0.1, 0.15) is 12.0 Å². The van der Waals surface area contributed by atoms with E-state index in [1.54, 1.807) is 11.1 Å². The number of benzene rings is 1. The van der Waals surface area contributed by atoms with E-state index in [1.807, 2.05) is 30.3 Å². The van der Waals surface area contributed by atoms with Crippen molar-refractivity contribution in [1.29, 1.82) is 0 Å². The van der Waals surface area contributed by atoms with Gasteiger partial charge in [0, 0.05) is 37.0 Å². The van der Waals surface area contributed by atoms with Gasteiger partial charge in [-0.25, -0.2) is 13.6 Å². The SMILES string of the molecule is NS(=O)(=O)CC1CC(=O)N(Cc2cccc3cccnc23)C1. The van der Waals surface area contributed by atoms with Crippen LogP contribution < -0.4 is 5.14 Å². The van der Waals surface area contributed by atoms with E-state index in [-0.39, 0.29) is 24.0 Å². The second-order valence-corrected chi connectivity index (χ2v) is 7.33. The molecule has 0 bridgehead atoms. The number of sulfonamides is 1. The predicted molar refractivity (Wildman–Crippen MR) is 83.2 cm³/mol. The van der Waals surface area contributed by atoms with Crippen molar-refractivity contribution in [3.05, 3.63) is 42.1 Å². The quantitative estimate of drug-likeness (QED) is 0.905. The maximum absolute atomic E-state index is 12.1. The van der Waals surface area contributed by atoms with Crippen molar-refractivity contribution < 1.29 is 13.2 Å². The average molecular weight is 319 g/mol. The van der Waals surface area contributed by atoms with Crippen LogP contribution in [0.15, 0.2) is 36.5 Å². The lowest BCUT2D eigenvalue weighted by Crippen LogP contribution is -2.27. The molecular formula is C15H17N3O3S. The molecule has 1 aromatic carbocycles. The molecule has 1 saturated heterocycles. The van der Waals surface area contributed by atoms with E-state index < -0.39 is 10.0 Å². The molecule has 6 nitrogen and oxygen atoms in total. The molecule has 1 amide bonds. The Morgan fingerprint density at radius 1 is 1.27 bits per heavy atom. The highest BCUT2D eigenvalue weighted by molar-refractivity contribution is 7.89. The molecule has 0 radical (unpaired) electrons. The van der Waals surface area contributed by atoms with Crippen LogP contribution >= 0.6 is 0 Å². The zero-order valence-electron chi connectivity index (χ0n) is 12.0. The third kappa shape index (κ3) is 3.26. The molecule has 0 aliphatic carbocycles. The lowest BCUT2D eigenvalue weighted by molar-refractivity contribution is -0.128. The van der Waals surface area contributed by atoms with E-state index in [9.17, 15) is 13.2 Å². The van der Waals surface area contributed by atoms with Crippen molar-refractivity contribution in [3.63, 3.8) is 0 Å². The van der Waals surface area contributed by atoms with E-state index in [2.05, 4.69) is 4.98 Å². The maximum Gasteiger partial charge on any atom is 0.223 e. The number of hydrogen-bond acceptors (Lipinski definition) is 4. The van der Waals surface area contributed by atoms with E-state index in [4.69, 9.17) is 5.14 Å². The second kappa shape index (κ2) is 5.66. The second-order valence-electron chi connectivity index (χ2n) is 5.67. The van der Waals surface area contributed by atoms with Gasteiger partial charge < -0.3 is 4.90 Å². The minimum absolute atomic E-state index is 0.0402. The topological polar surface area (TPSA) is 93.4 Å². The van der Waals surface area contributed by atoms with Crippen molar-refractivity contribution in [3.8, 4) is 0 Å². The zero-order chi connectivity index (χ0) is 15.7. The summed E-state index contributed by atoms with van der Waals surface area (Å²) in [7, 11) is -3.55. The first kappa shape index (κ1) is 14.9. The number of amides is 1. The minimum atomic E-state index is -3.55. The number of likely N-dealkylation sites (tertiary alicyclic amines) is 1. The van der Waals surface area contributed by atoms with Gasteiger partial charge in [0.05, 0.1) is 11.3 Å². The third-order valence-electron chi connectivity index (χ3n) is 3.84. The van der Waals surface area contributed by atoms with E-state index in [0.29, 0.717) is 13.1 Å². The lowest BCUT2D eigenvalue weighted by Gasteiger charge is -2.17. The Hall–Kier alpha value is -1.99. The molecule has 116 valence electrons. The number of para-hydroxylation sites is 1. The van der Waals surface area contributed by atoms with Crippen molar-refractivity contribution in [2.24, 2.45) is 11.1 Å². The molecule has 1 atom stereocenters. The summed E-state index contributed by atoms with van der Waals surface area (Å²) >= 11 is 0. The number of fused-ring (bicyclic) bond motifs is 1. The van der Waals surface area contributed by atoms with Crippen molar-refractivity contribution >= 4 is 26.8 Å². The molecule has 1 aliphatic heterocycles. The molecule has 1 aliphatic rings. The number of pyridine rings is 1. The number of aromatic nitrogens is 1. The monoisotopic (exact) mass is 319 g/mol. The van der Waals surface area contributed by atoms with Gasteiger partial charge in [-0.05, 0) is 11.6 Å². The summed E-state index contributed by atoms with van der Waals surface area (Å²) in [5.74, 6) is -0.421. The molecule has 2 N–H and O–H groups in total. The standard InChI is InChI=1S/C15H17N3O3S/c16-22(20,21)10-11-7-14(19)18(8-11)9-13-4-1-3-12-5-2-6-17-15(12)13/h1-6,11H,7-10H2,(H2,16,20,21).